The molecule has 0 spiro atoms. The topological polar surface area (TPSA) is 62.2 Å². The van der Waals surface area contributed by atoms with Gasteiger partial charge in [0.05, 0.1) is 17.4 Å². The molecule has 1 aliphatic rings. The number of nitrogens with zero attached hydrogens (tertiary/aromatic N) is 3. The average molecular weight is 426 g/mol. The molecule has 1 saturated heterocycles. The Bertz CT molecular complexity index is 963. The number of piperidine rings is 1. The molecule has 30 heavy (non-hydrogen) atoms. The molecule has 158 valence electrons. The second-order valence-electron chi connectivity index (χ2n) is 7.86. The van der Waals surface area contributed by atoms with Crippen LogP contribution in [-0.2, 0) is 13.1 Å². The van der Waals surface area contributed by atoms with E-state index in [1.54, 1.807) is 0 Å². The molecule has 6 nitrogen and oxygen atoms in total. The van der Waals surface area contributed by atoms with E-state index in [2.05, 4.69) is 43.3 Å². The van der Waals surface area contributed by atoms with Crippen molar-refractivity contribution in [3.8, 4) is 0 Å². The molecular weight excluding hydrogens is 398 g/mol. The van der Waals surface area contributed by atoms with Crippen LogP contribution in [0.2, 0.25) is 5.02 Å². The van der Waals surface area contributed by atoms with Crippen molar-refractivity contribution in [2.45, 2.75) is 38.4 Å². The number of urea groups is 1. The van der Waals surface area contributed by atoms with Crippen molar-refractivity contribution in [1.82, 2.24) is 25.1 Å². The van der Waals surface area contributed by atoms with Crippen LogP contribution in [0, 0.1) is 0 Å². The largest absolute Gasteiger partial charge is 0.338 e. The maximum atomic E-state index is 12.2. The van der Waals surface area contributed by atoms with Gasteiger partial charge in [0, 0.05) is 43.8 Å². The Morgan fingerprint density at radius 3 is 2.67 bits per heavy atom. The Labute approximate surface area is 182 Å². The van der Waals surface area contributed by atoms with Gasteiger partial charge >= 0.3 is 6.03 Å². The molecule has 2 heterocycles. The average Bonchev–Trinajstić information content (AvgIpc) is 3.17. The summed E-state index contributed by atoms with van der Waals surface area (Å²) >= 11 is 5.95. The summed E-state index contributed by atoms with van der Waals surface area (Å²) in [4.78, 5) is 19.0. The third-order valence-electron chi connectivity index (χ3n) is 5.63. The minimum absolute atomic E-state index is 0.0679. The van der Waals surface area contributed by atoms with Gasteiger partial charge in [-0.05, 0) is 49.1 Å². The molecule has 0 unspecified atom stereocenters. The zero-order valence-electron chi connectivity index (χ0n) is 17.1. The first kappa shape index (κ1) is 20.7. The second kappa shape index (κ2) is 9.96. The van der Waals surface area contributed by atoms with Crippen LogP contribution in [0.15, 0.2) is 54.9 Å². The number of carbonyl (C=O) groups is 1. The van der Waals surface area contributed by atoms with E-state index >= 15 is 0 Å². The number of likely N-dealkylation sites (tertiary alicyclic amines) is 1. The van der Waals surface area contributed by atoms with E-state index in [9.17, 15) is 4.79 Å². The molecule has 0 bridgehead atoms. The van der Waals surface area contributed by atoms with Gasteiger partial charge in [0.1, 0.15) is 0 Å². The van der Waals surface area contributed by atoms with Crippen LogP contribution in [0.25, 0.3) is 11.0 Å². The van der Waals surface area contributed by atoms with E-state index in [0.717, 1.165) is 61.5 Å². The van der Waals surface area contributed by atoms with Gasteiger partial charge in [-0.1, -0.05) is 35.9 Å². The summed E-state index contributed by atoms with van der Waals surface area (Å²) in [6.45, 7) is 4.39. The molecule has 2 N–H and O–H groups in total. The maximum absolute atomic E-state index is 12.2. The molecule has 4 rings (SSSR count). The Kier molecular flexibility index (Phi) is 6.87. The van der Waals surface area contributed by atoms with Gasteiger partial charge in [0.25, 0.3) is 0 Å². The summed E-state index contributed by atoms with van der Waals surface area (Å²) < 4.78 is 2.13. The Balaban J connectivity index is 1.12. The predicted octanol–water partition coefficient (Wildman–Crippen LogP) is 4.04. The van der Waals surface area contributed by atoms with Crippen LogP contribution in [-0.4, -0.2) is 46.2 Å². The van der Waals surface area contributed by atoms with Gasteiger partial charge in [-0.25, -0.2) is 9.78 Å². The molecule has 1 aromatic heterocycles. The van der Waals surface area contributed by atoms with Crippen LogP contribution in [0.3, 0.4) is 0 Å². The number of benzene rings is 2. The van der Waals surface area contributed by atoms with E-state index in [1.165, 1.54) is 5.56 Å². The summed E-state index contributed by atoms with van der Waals surface area (Å²) in [5.41, 5.74) is 3.41. The predicted molar refractivity (Wildman–Crippen MR) is 121 cm³/mol. The van der Waals surface area contributed by atoms with Crippen LogP contribution >= 0.6 is 11.6 Å². The zero-order chi connectivity index (χ0) is 20.8. The minimum Gasteiger partial charge on any atom is -0.338 e. The van der Waals surface area contributed by atoms with Crippen molar-refractivity contribution in [1.29, 1.82) is 0 Å². The monoisotopic (exact) mass is 425 g/mol. The number of aryl methyl sites for hydroxylation is 1. The maximum Gasteiger partial charge on any atom is 0.315 e. The second-order valence-corrected chi connectivity index (χ2v) is 8.29. The highest BCUT2D eigenvalue weighted by Crippen LogP contribution is 2.16. The minimum atomic E-state index is -0.0679. The first-order valence-electron chi connectivity index (χ1n) is 10.6. The lowest BCUT2D eigenvalue weighted by molar-refractivity contribution is 0.186. The molecule has 7 heteroatoms. The fourth-order valence-electron chi connectivity index (χ4n) is 3.96. The van der Waals surface area contributed by atoms with Gasteiger partial charge in [-0.15, -0.1) is 0 Å². The molecule has 0 aliphatic carbocycles. The highest BCUT2D eigenvalue weighted by molar-refractivity contribution is 6.30. The zero-order valence-corrected chi connectivity index (χ0v) is 17.8. The van der Waals surface area contributed by atoms with E-state index in [4.69, 9.17) is 11.6 Å². The first-order chi connectivity index (χ1) is 14.7. The molecular formula is C23H28ClN5O. The van der Waals surface area contributed by atoms with Gasteiger partial charge in [-0.2, -0.15) is 0 Å². The number of nitrogens with one attached hydrogen (secondary N) is 2. The lowest BCUT2D eigenvalue weighted by atomic mass is 10.0. The van der Waals surface area contributed by atoms with Crippen LogP contribution in [0.5, 0.6) is 0 Å². The molecule has 0 radical (unpaired) electrons. The Morgan fingerprint density at radius 1 is 1.10 bits per heavy atom. The molecule has 3 aromatic rings. The number of imidazole rings is 1. The fourth-order valence-corrected chi connectivity index (χ4v) is 4.09. The van der Waals surface area contributed by atoms with Gasteiger partial charge in [0.15, 0.2) is 0 Å². The quantitative estimate of drug-likeness (QED) is 0.561. The number of rotatable bonds is 7. The summed E-state index contributed by atoms with van der Waals surface area (Å²) in [6, 6.07) is 16.3. The summed E-state index contributed by atoms with van der Waals surface area (Å²) in [5, 5.41) is 6.88. The van der Waals surface area contributed by atoms with Crippen molar-refractivity contribution < 1.29 is 4.79 Å². The number of fused-ring (bicyclic) bond motifs is 1. The van der Waals surface area contributed by atoms with E-state index < -0.39 is 0 Å². The Hall–Kier alpha value is -2.57. The molecule has 1 aliphatic heterocycles. The van der Waals surface area contributed by atoms with Gasteiger partial charge in [-0.3, -0.25) is 4.90 Å². The van der Waals surface area contributed by atoms with Crippen molar-refractivity contribution in [3.63, 3.8) is 0 Å². The smallest absolute Gasteiger partial charge is 0.315 e. The molecule has 1 fully saturated rings. The van der Waals surface area contributed by atoms with Crippen LogP contribution in [0.4, 0.5) is 4.79 Å². The van der Waals surface area contributed by atoms with Crippen molar-refractivity contribution in [3.05, 3.63) is 65.4 Å². The van der Waals surface area contributed by atoms with Gasteiger partial charge < -0.3 is 15.2 Å². The number of aromatic nitrogens is 2. The number of carbonyl (C=O) groups excluding carboxylic acids is 1. The molecule has 0 saturated carbocycles. The van der Waals surface area contributed by atoms with E-state index in [-0.39, 0.29) is 12.1 Å². The number of amides is 2. The van der Waals surface area contributed by atoms with Crippen molar-refractivity contribution >= 4 is 28.7 Å². The van der Waals surface area contributed by atoms with E-state index in [0.29, 0.717) is 6.54 Å². The number of halogens is 1. The lowest BCUT2D eigenvalue weighted by Gasteiger charge is -2.32. The number of hydrogen-bond acceptors (Lipinski definition) is 3. The van der Waals surface area contributed by atoms with Crippen molar-refractivity contribution in [2.75, 3.05) is 19.6 Å². The summed E-state index contributed by atoms with van der Waals surface area (Å²) in [7, 11) is 0. The van der Waals surface area contributed by atoms with E-state index in [1.807, 2.05) is 36.7 Å². The number of para-hydroxylation sites is 2. The summed E-state index contributed by atoms with van der Waals surface area (Å²) in [5.74, 6) is 0. The fraction of sp³-hybridized carbons (Fsp3) is 0.391. The van der Waals surface area contributed by atoms with Crippen LogP contribution in [0.1, 0.15) is 24.8 Å². The van der Waals surface area contributed by atoms with Gasteiger partial charge in [0.2, 0.25) is 0 Å². The highest BCUT2D eigenvalue weighted by Gasteiger charge is 2.20. The van der Waals surface area contributed by atoms with Crippen LogP contribution < -0.4 is 10.6 Å². The summed E-state index contributed by atoms with van der Waals surface area (Å²) in [6.07, 6.45) is 4.68. The standard InChI is InChI=1S/C23H28ClN5O/c24-19-8-6-18(7-9-19)16-28-14-10-20(11-15-28)27-23(30)25-12-3-13-29-17-26-21-4-1-2-5-22(21)29/h1-2,4-9,17,20H,3,10-16H2,(H2,25,27,30). The molecule has 2 amide bonds. The first-order valence-corrected chi connectivity index (χ1v) is 11.0. The third-order valence-corrected chi connectivity index (χ3v) is 5.88. The Morgan fingerprint density at radius 2 is 1.87 bits per heavy atom. The number of hydrogen-bond donors (Lipinski definition) is 2. The highest BCUT2D eigenvalue weighted by atomic mass is 35.5. The SMILES string of the molecule is O=C(NCCCn1cnc2ccccc21)NC1CCN(Cc2ccc(Cl)cc2)CC1. The third kappa shape index (κ3) is 5.52. The normalized spacial score (nSPS) is 15.4. The van der Waals surface area contributed by atoms with Crippen molar-refractivity contribution in [2.24, 2.45) is 0 Å². The molecule has 0 atom stereocenters. The molecule has 2 aromatic carbocycles. The lowest BCUT2D eigenvalue weighted by Crippen LogP contribution is -2.47.